The average Bonchev–Trinajstić information content (AvgIpc) is 3.48. The van der Waals surface area contributed by atoms with Crippen molar-refractivity contribution in [2.75, 3.05) is 6.54 Å². The third kappa shape index (κ3) is 5.28. The van der Waals surface area contributed by atoms with Crippen LogP contribution in [-0.2, 0) is 0 Å². The molecule has 6 nitrogen and oxygen atoms in total. The number of nitrogens with one attached hydrogen (secondary N) is 1. The van der Waals surface area contributed by atoms with Crippen LogP contribution in [-0.4, -0.2) is 29.4 Å². The largest absolute Gasteiger partial charge is 0.478 e. The van der Waals surface area contributed by atoms with E-state index in [1.54, 1.807) is 36.4 Å². The fourth-order valence-electron chi connectivity index (χ4n) is 13.7. The summed E-state index contributed by atoms with van der Waals surface area (Å²) in [4.78, 5) is 36.9. The molecule has 0 aromatic heterocycles. The zero-order valence-electron chi connectivity index (χ0n) is 31.6. The first-order chi connectivity index (χ1) is 24.0. The number of primary amides is 1. The number of carbonyl (C=O) groups is 3. The maximum absolute atomic E-state index is 13.5. The Balaban J connectivity index is 1.18. The molecule has 6 heteroatoms. The molecule has 4 N–H and O–H groups in total. The maximum atomic E-state index is 13.5. The van der Waals surface area contributed by atoms with Crippen molar-refractivity contribution >= 4 is 23.4 Å². The predicted molar refractivity (Wildman–Crippen MR) is 203 cm³/mol. The van der Waals surface area contributed by atoms with E-state index >= 15 is 0 Å². The smallest absolute Gasteiger partial charge is 0.335 e. The van der Waals surface area contributed by atoms with E-state index in [0.29, 0.717) is 52.8 Å². The van der Waals surface area contributed by atoms with Gasteiger partial charge in [0.05, 0.1) is 5.56 Å². The molecule has 2 aromatic rings. The Morgan fingerprint density at radius 2 is 1.55 bits per heavy atom. The van der Waals surface area contributed by atoms with Crippen molar-refractivity contribution in [3.63, 3.8) is 0 Å². The lowest BCUT2D eigenvalue weighted by Gasteiger charge is -2.72. The molecule has 0 bridgehead atoms. The van der Waals surface area contributed by atoms with Crippen LogP contribution in [0.25, 0.3) is 5.57 Å². The fourth-order valence-corrected chi connectivity index (χ4v) is 13.7. The lowest BCUT2D eigenvalue weighted by Crippen LogP contribution is -2.66. The first-order valence-corrected chi connectivity index (χ1v) is 19.4. The topological polar surface area (TPSA) is 109 Å². The van der Waals surface area contributed by atoms with Gasteiger partial charge in [-0.15, -0.1) is 0 Å². The van der Waals surface area contributed by atoms with Gasteiger partial charge < -0.3 is 16.2 Å². The van der Waals surface area contributed by atoms with Gasteiger partial charge in [0.1, 0.15) is 0 Å². The van der Waals surface area contributed by atoms with Gasteiger partial charge in [-0.2, -0.15) is 0 Å². The number of benzene rings is 2. The molecule has 51 heavy (non-hydrogen) atoms. The lowest BCUT2D eigenvalue weighted by atomic mass is 9.32. The second kappa shape index (κ2) is 12.2. The van der Waals surface area contributed by atoms with Crippen LogP contribution in [0.4, 0.5) is 0 Å². The van der Waals surface area contributed by atoms with E-state index < -0.39 is 11.9 Å². The minimum atomic E-state index is -0.883. The van der Waals surface area contributed by atoms with E-state index in [0.717, 1.165) is 31.2 Å². The summed E-state index contributed by atoms with van der Waals surface area (Å²) in [6.07, 6.45) is 13.0. The SMILES string of the molecule is C=C(C)[C@@H]1CC[C@]2(CNC(=O)c3cccc(C(N)=O)c3)CC[C@]3(C)[C@H](CC[C@@H]4[C@@]5(C)CC=C(c6ccc(C(=O)O)cc6)C(C)(C)[C@@H]5CC[C@]43C)[C@@H]12. The molecule has 5 aliphatic rings. The molecule has 272 valence electrons. The van der Waals surface area contributed by atoms with Crippen LogP contribution in [0.3, 0.4) is 0 Å². The van der Waals surface area contributed by atoms with Crippen LogP contribution in [0.1, 0.15) is 136 Å². The van der Waals surface area contributed by atoms with Gasteiger partial charge in [0, 0.05) is 17.7 Å². The van der Waals surface area contributed by atoms with E-state index in [9.17, 15) is 19.5 Å². The molecule has 0 heterocycles. The van der Waals surface area contributed by atoms with Crippen molar-refractivity contribution < 1.29 is 19.5 Å². The van der Waals surface area contributed by atoms with Crippen LogP contribution in [0.2, 0.25) is 0 Å². The molecule has 0 unspecified atom stereocenters. The number of allylic oxidation sites excluding steroid dienone is 3. The molecule has 2 aromatic carbocycles. The van der Waals surface area contributed by atoms with Crippen LogP contribution in [0.5, 0.6) is 0 Å². The highest BCUT2D eigenvalue weighted by Gasteiger charge is 2.70. The Kier molecular flexibility index (Phi) is 8.55. The number of hydrogen-bond donors (Lipinski definition) is 3. The van der Waals surface area contributed by atoms with Gasteiger partial charge in [0.25, 0.3) is 5.91 Å². The van der Waals surface area contributed by atoms with Crippen LogP contribution >= 0.6 is 0 Å². The van der Waals surface area contributed by atoms with Crippen molar-refractivity contribution in [3.8, 4) is 0 Å². The molecule has 2 amide bonds. The van der Waals surface area contributed by atoms with Gasteiger partial charge in [-0.3, -0.25) is 9.59 Å². The van der Waals surface area contributed by atoms with E-state index in [-0.39, 0.29) is 33.0 Å². The van der Waals surface area contributed by atoms with Crippen molar-refractivity contribution in [3.05, 3.63) is 89.0 Å². The molecular formula is C45H58N2O4. The van der Waals surface area contributed by atoms with Gasteiger partial charge in [-0.05, 0) is 163 Å². The Bertz CT molecular complexity index is 1810. The number of fused-ring (bicyclic) bond motifs is 7. The molecule has 4 fully saturated rings. The Morgan fingerprint density at radius 3 is 2.22 bits per heavy atom. The molecule has 7 rings (SSSR count). The van der Waals surface area contributed by atoms with E-state index in [1.165, 1.54) is 43.3 Å². The zero-order valence-corrected chi connectivity index (χ0v) is 31.6. The van der Waals surface area contributed by atoms with Gasteiger partial charge >= 0.3 is 5.97 Å². The summed E-state index contributed by atoms with van der Waals surface area (Å²) in [6.45, 7) is 20.2. The highest BCUT2D eigenvalue weighted by molar-refractivity contribution is 5.99. The molecule has 5 aliphatic carbocycles. The number of rotatable bonds is 7. The van der Waals surface area contributed by atoms with Gasteiger partial charge in [-0.1, -0.05) is 71.0 Å². The summed E-state index contributed by atoms with van der Waals surface area (Å²) in [5.74, 6) is 1.14. The molecule has 9 atom stereocenters. The molecule has 0 radical (unpaired) electrons. The van der Waals surface area contributed by atoms with Gasteiger partial charge in [0.15, 0.2) is 0 Å². The standard InChI is InChI=1S/C45H58N2O4/c1-27(2)32-17-22-45(26-47-39(49)31-10-8-9-30(25-31)38(46)48)24-23-43(6)34(37(32)45)15-16-36-42(5)20-18-33(28-11-13-29(14-12-28)40(50)51)41(3,4)35(42)19-21-44(36,43)7/h8-14,18,25,32,34-37H,1,15-17,19-24,26H2,2-7H3,(H2,46,48)(H,47,49)(H,50,51)/t32-,34+,35-,36+,37+,42-,43+,44+,45+/m0/s1. The fraction of sp³-hybridized carbons (Fsp3) is 0.578. The second-order valence-electron chi connectivity index (χ2n) is 18.6. The minimum Gasteiger partial charge on any atom is -0.478 e. The average molecular weight is 691 g/mol. The van der Waals surface area contributed by atoms with E-state index in [2.05, 4.69) is 59.5 Å². The number of amides is 2. The molecule has 0 aliphatic heterocycles. The Labute approximate surface area is 304 Å². The zero-order chi connectivity index (χ0) is 36.7. The molecule has 0 saturated heterocycles. The first kappa shape index (κ1) is 35.7. The number of aromatic carboxylic acids is 1. The van der Waals surface area contributed by atoms with Crippen molar-refractivity contribution in [1.82, 2.24) is 5.32 Å². The molecule has 4 saturated carbocycles. The number of hydrogen-bond acceptors (Lipinski definition) is 3. The quantitative estimate of drug-likeness (QED) is 0.251. The maximum Gasteiger partial charge on any atom is 0.335 e. The van der Waals surface area contributed by atoms with Gasteiger partial charge in [-0.25, -0.2) is 4.79 Å². The number of carbonyl (C=O) groups excluding carboxylic acids is 2. The highest BCUT2D eigenvalue weighted by Crippen LogP contribution is 2.77. The summed E-state index contributed by atoms with van der Waals surface area (Å²) in [6, 6.07) is 14.3. The summed E-state index contributed by atoms with van der Waals surface area (Å²) in [7, 11) is 0. The summed E-state index contributed by atoms with van der Waals surface area (Å²) in [5.41, 5.74) is 11.1. The van der Waals surface area contributed by atoms with Crippen molar-refractivity contribution in [2.45, 2.75) is 99.3 Å². The van der Waals surface area contributed by atoms with Crippen LogP contribution < -0.4 is 11.1 Å². The van der Waals surface area contributed by atoms with Gasteiger partial charge in [0.2, 0.25) is 5.91 Å². The third-order valence-electron chi connectivity index (χ3n) is 16.3. The summed E-state index contributed by atoms with van der Waals surface area (Å²) < 4.78 is 0. The predicted octanol–water partition coefficient (Wildman–Crippen LogP) is 9.56. The van der Waals surface area contributed by atoms with Crippen molar-refractivity contribution in [2.24, 2.45) is 62.4 Å². The van der Waals surface area contributed by atoms with Crippen molar-refractivity contribution in [1.29, 1.82) is 0 Å². The summed E-state index contributed by atoms with van der Waals surface area (Å²) in [5, 5.41) is 12.8. The third-order valence-corrected chi connectivity index (χ3v) is 16.3. The Hall–Kier alpha value is -3.67. The second-order valence-corrected chi connectivity index (χ2v) is 18.6. The molecular weight excluding hydrogens is 633 g/mol. The normalized spacial score (nSPS) is 37.8. The lowest BCUT2D eigenvalue weighted by molar-refractivity contribution is -0.224. The van der Waals surface area contributed by atoms with E-state index in [1.807, 2.05) is 12.1 Å². The van der Waals surface area contributed by atoms with E-state index in [4.69, 9.17) is 5.73 Å². The summed E-state index contributed by atoms with van der Waals surface area (Å²) >= 11 is 0. The monoisotopic (exact) mass is 690 g/mol. The Morgan fingerprint density at radius 1 is 0.843 bits per heavy atom. The highest BCUT2D eigenvalue weighted by atomic mass is 16.4. The first-order valence-electron chi connectivity index (χ1n) is 19.4. The molecule has 0 spiro atoms. The number of nitrogens with two attached hydrogens (primary N) is 1. The number of carboxylic acids is 1. The van der Waals surface area contributed by atoms with Crippen LogP contribution in [0.15, 0.2) is 66.8 Å². The van der Waals surface area contributed by atoms with Crippen LogP contribution in [0, 0.1) is 56.7 Å². The minimum absolute atomic E-state index is 0.0236. The number of carboxylic acid groups (broad SMARTS) is 1.